The number of allylic oxidation sites excluding steroid dienone is 1. The average Bonchev–Trinajstić information content (AvgIpc) is 3.06. The number of hydrogen-bond donors (Lipinski definition) is 1. The molecule has 5 heterocycles. The van der Waals surface area contributed by atoms with Crippen molar-refractivity contribution in [3.63, 3.8) is 0 Å². The van der Waals surface area contributed by atoms with Crippen molar-refractivity contribution < 1.29 is 14.3 Å². The zero-order chi connectivity index (χ0) is 17.3. The van der Waals surface area contributed by atoms with E-state index in [1.807, 2.05) is 25.1 Å². The minimum absolute atomic E-state index is 0.0804. The molecule has 130 valence electrons. The lowest BCUT2D eigenvalue weighted by Crippen LogP contribution is -2.60. The number of piperidine rings is 3. The quantitative estimate of drug-likeness (QED) is 0.629. The first-order valence-corrected chi connectivity index (χ1v) is 9.01. The number of amides is 1. The lowest BCUT2D eigenvalue weighted by molar-refractivity contribution is -0.153. The zero-order valence-corrected chi connectivity index (χ0v) is 14.5. The Morgan fingerprint density at radius 1 is 1.40 bits per heavy atom. The van der Waals surface area contributed by atoms with E-state index in [9.17, 15) is 9.59 Å². The summed E-state index contributed by atoms with van der Waals surface area (Å²) in [6.45, 7) is 2.90. The van der Waals surface area contributed by atoms with Gasteiger partial charge in [-0.2, -0.15) is 0 Å². The minimum Gasteiger partial charge on any atom is -0.469 e. The van der Waals surface area contributed by atoms with Gasteiger partial charge in [-0.25, -0.2) is 0 Å². The Labute approximate surface area is 147 Å². The third kappa shape index (κ3) is 1.67. The van der Waals surface area contributed by atoms with E-state index in [0.717, 1.165) is 24.2 Å². The number of methoxy groups -OCH3 is 1. The van der Waals surface area contributed by atoms with Gasteiger partial charge in [0.2, 0.25) is 5.91 Å². The summed E-state index contributed by atoms with van der Waals surface area (Å²) in [6, 6.07) is 8.26. The van der Waals surface area contributed by atoms with E-state index in [4.69, 9.17) is 4.74 Å². The minimum atomic E-state index is -0.526. The molecule has 4 saturated heterocycles. The number of benzene rings is 1. The molecule has 1 spiro atoms. The van der Waals surface area contributed by atoms with Crippen molar-refractivity contribution in [3.8, 4) is 0 Å². The largest absolute Gasteiger partial charge is 0.469 e. The Hall–Kier alpha value is -2.14. The van der Waals surface area contributed by atoms with Gasteiger partial charge >= 0.3 is 5.97 Å². The van der Waals surface area contributed by atoms with Crippen LogP contribution in [-0.4, -0.2) is 42.5 Å². The van der Waals surface area contributed by atoms with Gasteiger partial charge in [0.25, 0.3) is 0 Å². The van der Waals surface area contributed by atoms with Gasteiger partial charge in [-0.3, -0.25) is 14.5 Å². The summed E-state index contributed by atoms with van der Waals surface area (Å²) in [5, 5.41) is 3.09. The summed E-state index contributed by atoms with van der Waals surface area (Å²) < 4.78 is 5.14. The molecule has 5 aliphatic heterocycles. The van der Waals surface area contributed by atoms with Crippen LogP contribution in [0.25, 0.3) is 0 Å². The van der Waals surface area contributed by atoms with Crippen LogP contribution in [-0.2, 0) is 19.7 Å². The van der Waals surface area contributed by atoms with E-state index in [2.05, 4.69) is 22.4 Å². The van der Waals surface area contributed by atoms with Crippen molar-refractivity contribution in [2.45, 2.75) is 37.3 Å². The lowest BCUT2D eigenvalue weighted by Gasteiger charge is -2.51. The smallest absolute Gasteiger partial charge is 0.310 e. The first kappa shape index (κ1) is 15.1. The standard InChI is InChI=1S/C20H22N2O3/c1-3-11-10-22-15-9-20(13-6-4-5-7-14(13)21-19(20)24)16(22)8-12(11)17(15)18(23)25-2/h3-7,12,15-17H,8-10H2,1-2H3,(H,21,24)/b11-3+/t12-,15-,16-,17?,20-/m0/s1. The molecule has 4 fully saturated rings. The van der Waals surface area contributed by atoms with Crippen LogP contribution in [0, 0.1) is 11.8 Å². The normalized spacial score (nSPS) is 41.9. The average molecular weight is 338 g/mol. The zero-order valence-electron chi connectivity index (χ0n) is 14.5. The molecule has 0 aromatic heterocycles. The molecule has 5 aliphatic rings. The van der Waals surface area contributed by atoms with Crippen LogP contribution in [0.4, 0.5) is 5.69 Å². The number of carbonyl (C=O) groups excluding carboxylic acids is 2. The van der Waals surface area contributed by atoms with Crippen LogP contribution < -0.4 is 5.32 Å². The summed E-state index contributed by atoms with van der Waals surface area (Å²) in [6.07, 6.45) is 3.69. The Bertz CT molecular complexity index is 817. The summed E-state index contributed by atoms with van der Waals surface area (Å²) >= 11 is 0. The number of nitrogens with zero attached hydrogens (tertiary/aromatic N) is 1. The highest BCUT2D eigenvalue weighted by atomic mass is 16.5. The number of carbonyl (C=O) groups is 2. The molecule has 0 saturated carbocycles. The van der Waals surface area contributed by atoms with Gasteiger partial charge in [0.05, 0.1) is 18.4 Å². The molecule has 0 aliphatic carbocycles. The van der Waals surface area contributed by atoms with E-state index in [1.54, 1.807) is 0 Å². The highest BCUT2D eigenvalue weighted by Crippen LogP contribution is 2.60. The molecule has 1 aromatic carbocycles. The third-order valence-corrected chi connectivity index (χ3v) is 7.00. The summed E-state index contributed by atoms with van der Waals surface area (Å²) in [7, 11) is 1.47. The molecule has 5 heteroatoms. The van der Waals surface area contributed by atoms with Crippen molar-refractivity contribution in [2.75, 3.05) is 19.0 Å². The second-order valence-electron chi connectivity index (χ2n) is 7.69. The molecule has 5 nitrogen and oxygen atoms in total. The second-order valence-corrected chi connectivity index (χ2v) is 7.69. The van der Waals surface area contributed by atoms with Crippen molar-refractivity contribution in [1.82, 2.24) is 4.90 Å². The molecule has 1 amide bonds. The van der Waals surface area contributed by atoms with Gasteiger partial charge < -0.3 is 10.1 Å². The van der Waals surface area contributed by atoms with E-state index in [1.165, 1.54) is 12.7 Å². The fourth-order valence-corrected chi connectivity index (χ4v) is 5.99. The number of hydrogen-bond acceptors (Lipinski definition) is 4. The maximum absolute atomic E-state index is 13.1. The Morgan fingerprint density at radius 2 is 2.20 bits per heavy atom. The summed E-state index contributed by atoms with van der Waals surface area (Å²) in [5.74, 6) is -0.0147. The van der Waals surface area contributed by atoms with Crippen LogP contribution in [0.15, 0.2) is 35.9 Å². The van der Waals surface area contributed by atoms with Crippen LogP contribution in [0.3, 0.4) is 0 Å². The van der Waals surface area contributed by atoms with Crippen molar-refractivity contribution >= 4 is 17.6 Å². The number of ether oxygens (including phenoxy) is 1. The maximum Gasteiger partial charge on any atom is 0.310 e. The van der Waals surface area contributed by atoms with Crippen LogP contribution in [0.1, 0.15) is 25.3 Å². The van der Waals surface area contributed by atoms with Crippen molar-refractivity contribution in [2.24, 2.45) is 11.8 Å². The second kappa shape index (κ2) is 4.94. The number of esters is 1. The number of fused-ring (bicyclic) bond motifs is 3. The summed E-state index contributed by atoms with van der Waals surface area (Å²) in [5.41, 5.74) is 2.82. The number of nitrogens with one attached hydrogen (secondary N) is 1. The van der Waals surface area contributed by atoms with Crippen molar-refractivity contribution in [3.05, 3.63) is 41.5 Å². The molecule has 4 bridgehead atoms. The van der Waals surface area contributed by atoms with Crippen LogP contribution in [0.5, 0.6) is 0 Å². The number of para-hydroxylation sites is 1. The van der Waals surface area contributed by atoms with Gasteiger partial charge in [-0.05, 0) is 37.3 Å². The molecule has 2 unspecified atom stereocenters. The van der Waals surface area contributed by atoms with E-state index in [-0.39, 0.29) is 35.8 Å². The molecule has 25 heavy (non-hydrogen) atoms. The highest BCUT2D eigenvalue weighted by molar-refractivity contribution is 6.07. The molecule has 1 aromatic rings. The monoisotopic (exact) mass is 338 g/mol. The van der Waals surface area contributed by atoms with Crippen LogP contribution >= 0.6 is 0 Å². The predicted octanol–water partition coefficient (Wildman–Crippen LogP) is 2.09. The van der Waals surface area contributed by atoms with E-state index >= 15 is 0 Å². The summed E-state index contributed by atoms with van der Waals surface area (Å²) in [4.78, 5) is 28.1. The fourth-order valence-electron chi connectivity index (χ4n) is 5.99. The van der Waals surface area contributed by atoms with Gasteiger partial charge in [0.1, 0.15) is 0 Å². The molecular weight excluding hydrogens is 316 g/mol. The first-order chi connectivity index (χ1) is 12.1. The van der Waals surface area contributed by atoms with Gasteiger partial charge in [-0.1, -0.05) is 29.8 Å². The molecule has 6 rings (SSSR count). The molecular formula is C20H22N2O3. The van der Waals surface area contributed by atoms with Crippen molar-refractivity contribution in [1.29, 1.82) is 0 Å². The Balaban J connectivity index is 1.66. The van der Waals surface area contributed by atoms with Gasteiger partial charge in [0.15, 0.2) is 0 Å². The fraction of sp³-hybridized carbons (Fsp3) is 0.500. The van der Waals surface area contributed by atoms with Gasteiger partial charge in [-0.15, -0.1) is 0 Å². The first-order valence-electron chi connectivity index (χ1n) is 9.01. The molecule has 1 N–H and O–H groups in total. The Kier molecular flexibility index (Phi) is 2.99. The Morgan fingerprint density at radius 3 is 2.96 bits per heavy atom. The van der Waals surface area contributed by atoms with E-state index in [0.29, 0.717) is 6.42 Å². The van der Waals surface area contributed by atoms with E-state index < -0.39 is 5.41 Å². The number of rotatable bonds is 1. The SMILES string of the molecule is C/C=C1\CN2[C@H]3C[C@@H]1C(C(=O)OC)[C@@H]2C[C@@]31C(=O)Nc2ccccc21. The molecule has 6 atom stereocenters. The van der Waals surface area contributed by atoms with Crippen LogP contribution in [0.2, 0.25) is 0 Å². The third-order valence-electron chi connectivity index (χ3n) is 7.00. The lowest BCUT2D eigenvalue weighted by atomic mass is 9.69. The topological polar surface area (TPSA) is 58.6 Å². The predicted molar refractivity (Wildman–Crippen MR) is 93.0 cm³/mol. The number of anilines is 1. The maximum atomic E-state index is 13.1. The molecule has 0 radical (unpaired) electrons. The van der Waals surface area contributed by atoms with Gasteiger partial charge in [0, 0.05) is 24.3 Å². The highest BCUT2D eigenvalue weighted by Gasteiger charge is 2.68.